The number of rotatable bonds is 2. The van der Waals surface area contributed by atoms with Gasteiger partial charge in [-0.25, -0.2) is 9.78 Å². The van der Waals surface area contributed by atoms with Crippen molar-refractivity contribution in [3.8, 4) is 28.1 Å². The molecular formula is C19H12Cl2N4O2. The van der Waals surface area contributed by atoms with Crippen LogP contribution >= 0.6 is 23.2 Å². The zero-order valence-electron chi connectivity index (χ0n) is 13.7. The minimum Gasteiger partial charge on any atom is -0.508 e. The third kappa shape index (κ3) is 3.20. The van der Waals surface area contributed by atoms with Crippen LogP contribution in [-0.4, -0.2) is 20.1 Å². The van der Waals surface area contributed by atoms with Crippen molar-refractivity contribution in [2.24, 2.45) is 0 Å². The van der Waals surface area contributed by atoms with Gasteiger partial charge in [0.1, 0.15) is 11.6 Å². The van der Waals surface area contributed by atoms with Crippen LogP contribution in [0.2, 0.25) is 10.0 Å². The lowest BCUT2D eigenvalue weighted by atomic mass is 9.99. The lowest BCUT2D eigenvalue weighted by Crippen LogP contribution is -2.14. The van der Waals surface area contributed by atoms with E-state index in [1.54, 1.807) is 48.5 Å². The molecule has 0 amide bonds. The number of aromatic hydroxyl groups is 1. The molecule has 0 aliphatic carbocycles. The lowest BCUT2D eigenvalue weighted by molar-refractivity contribution is 0.475. The Morgan fingerprint density at radius 2 is 1.70 bits per heavy atom. The van der Waals surface area contributed by atoms with Crippen molar-refractivity contribution in [3.63, 3.8) is 0 Å². The molecule has 0 aliphatic heterocycles. The molecule has 0 atom stereocenters. The number of nitrogens with two attached hydrogens (primary N) is 1. The maximum absolute atomic E-state index is 11.8. The number of aromatic nitrogens is 3. The van der Waals surface area contributed by atoms with E-state index >= 15 is 0 Å². The van der Waals surface area contributed by atoms with Gasteiger partial charge in [0.15, 0.2) is 5.65 Å². The molecule has 2 heterocycles. The predicted molar refractivity (Wildman–Crippen MR) is 107 cm³/mol. The first-order valence-corrected chi connectivity index (χ1v) is 8.63. The van der Waals surface area contributed by atoms with Gasteiger partial charge in [-0.1, -0.05) is 29.3 Å². The van der Waals surface area contributed by atoms with Crippen LogP contribution in [0.5, 0.6) is 5.75 Å². The quantitative estimate of drug-likeness (QED) is 0.468. The minimum atomic E-state index is -0.594. The first kappa shape index (κ1) is 17.3. The molecule has 134 valence electrons. The molecule has 0 fully saturated rings. The number of phenolic OH excluding ortho intramolecular Hbond substituents is 1. The number of hydrogen-bond acceptors (Lipinski definition) is 5. The van der Waals surface area contributed by atoms with Crippen LogP contribution in [0.4, 0.5) is 5.82 Å². The summed E-state index contributed by atoms with van der Waals surface area (Å²) in [6, 6.07) is 13.4. The summed E-state index contributed by atoms with van der Waals surface area (Å²) in [4.78, 5) is 22.7. The first-order valence-electron chi connectivity index (χ1n) is 7.88. The fourth-order valence-corrected chi connectivity index (χ4v) is 3.39. The molecule has 8 heteroatoms. The van der Waals surface area contributed by atoms with Crippen molar-refractivity contribution in [2.45, 2.75) is 0 Å². The van der Waals surface area contributed by atoms with Crippen LogP contribution in [-0.2, 0) is 0 Å². The average Bonchev–Trinajstić information content (AvgIpc) is 2.61. The van der Waals surface area contributed by atoms with Gasteiger partial charge >= 0.3 is 5.69 Å². The Morgan fingerprint density at radius 3 is 2.41 bits per heavy atom. The first-order chi connectivity index (χ1) is 12.9. The van der Waals surface area contributed by atoms with Gasteiger partial charge in [-0.15, -0.1) is 0 Å². The van der Waals surface area contributed by atoms with E-state index in [1.165, 1.54) is 0 Å². The smallest absolute Gasteiger partial charge is 0.348 e. The van der Waals surface area contributed by atoms with Crippen molar-refractivity contribution >= 4 is 40.1 Å². The molecule has 27 heavy (non-hydrogen) atoms. The standard InChI is InChI=1S/C19H12Cl2N4O2/c20-10-3-6-12(14(21)7-10)13-8-15(9-1-4-11(26)5-2-9)23-18-16(13)17(22)24-19(27)25-18/h1-8,26H,(H3,22,23,24,25,27). The Morgan fingerprint density at radius 1 is 0.963 bits per heavy atom. The van der Waals surface area contributed by atoms with Crippen molar-refractivity contribution in [2.75, 3.05) is 5.73 Å². The largest absolute Gasteiger partial charge is 0.508 e. The molecule has 0 bridgehead atoms. The molecule has 0 spiro atoms. The second kappa shape index (κ2) is 6.57. The summed E-state index contributed by atoms with van der Waals surface area (Å²) in [6.45, 7) is 0. The summed E-state index contributed by atoms with van der Waals surface area (Å²) >= 11 is 12.4. The number of anilines is 1. The average molecular weight is 399 g/mol. The fraction of sp³-hybridized carbons (Fsp3) is 0. The van der Waals surface area contributed by atoms with Gasteiger partial charge in [-0.2, -0.15) is 4.98 Å². The number of phenols is 1. The van der Waals surface area contributed by atoms with Crippen molar-refractivity contribution in [3.05, 3.63) is 69.1 Å². The number of nitrogens with one attached hydrogen (secondary N) is 1. The van der Waals surface area contributed by atoms with E-state index in [4.69, 9.17) is 28.9 Å². The Kier molecular flexibility index (Phi) is 4.22. The summed E-state index contributed by atoms with van der Waals surface area (Å²) in [5.41, 5.74) is 8.28. The molecule has 4 rings (SSSR count). The van der Waals surface area contributed by atoms with Crippen molar-refractivity contribution in [1.82, 2.24) is 15.0 Å². The van der Waals surface area contributed by atoms with Gasteiger partial charge in [0, 0.05) is 21.2 Å². The highest BCUT2D eigenvalue weighted by molar-refractivity contribution is 6.36. The monoisotopic (exact) mass is 398 g/mol. The number of nitrogens with zero attached hydrogens (tertiary/aromatic N) is 2. The second-order valence-electron chi connectivity index (χ2n) is 5.88. The van der Waals surface area contributed by atoms with Crippen LogP contribution in [0.25, 0.3) is 33.4 Å². The number of H-pyrrole nitrogens is 1. The fourth-order valence-electron chi connectivity index (χ4n) is 2.88. The zero-order valence-corrected chi connectivity index (χ0v) is 15.2. The lowest BCUT2D eigenvalue weighted by Gasteiger charge is -2.12. The Balaban J connectivity index is 2.08. The zero-order chi connectivity index (χ0) is 19.1. The van der Waals surface area contributed by atoms with Crippen LogP contribution < -0.4 is 11.4 Å². The Labute approximate surface area is 163 Å². The van der Waals surface area contributed by atoms with Gasteiger partial charge in [0.2, 0.25) is 0 Å². The molecule has 6 nitrogen and oxygen atoms in total. The summed E-state index contributed by atoms with van der Waals surface area (Å²) in [5, 5.41) is 10.9. The normalized spacial score (nSPS) is 11.0. The molecule has 2 aromatic heterocycles. The highest BCUT2D eigenvalue weighted by atomic mass is 35.5. The number of hydrogen-bond donors (Lipinski definition) is 3. The number of fused-ring (bicyclic) bond motifs is 1. The van der Waals surface area contributed by atoms with Crippen LogP contribution in [0, 0.1) is 0 Å². The maximum Gasteiger partial charge on any atom is 0.348 e. The van der Waals surface area contributed by atoms with E-state index in [2.05, 4.69) is 15.0 Å². The van der Waals surface area contributed by atoms with Gasteiger partial charge in [-0.05, 0) is 48.0 Å². The Bertz CT molecular complexity index is 1240. The number of halogens is 2. The van der Waals surface area contributed by atoms with Gasteiger partial charge in [0.25, 0.3) is 0 Å². The number of aromatic amines is 1. The molecule has 4 aromatic rings. The van der Waals surface area contributed by atoms with Gasteiger partial charge < -0.3 is 10.8 Å². The minimum absolute atomic E-state index is 0.138. The number of nitrogen functional groups attached to an aromatic ring is 1. The maximum atomic E-state index is 11.8. The van der Waals surface area contributed by atoms with Crippen molar-refractivity contribution < 1.29 is 5.11 Å². The van der Waals surface area contributed by atoms with E-state index in [1.807, 2.05) is 0 Å². The molecule has 0 aliphatic rings. The van der Waals surface area contributed by atoms with E-state index in [-0.39, 0.29) is 17.2 Å². The topological polar surface area (TPSA) is 105 Å². The predicted octanol–water partition coefficient (Wildman–Crippen LogP) is 4.25. The highest BCUT2D eigenvalue weighted by Crippen LogP contribution is 2.37. The highest BCUT2D eigenvalue weighted by Gasteiger charge is 2.16. The van der Waals surface area contributed by atoms with Crippen LogP contribution in [0.15, 0.2) is 53.3 Å². The van der Waals surface area contributed by atoms with E-state index in [0.29, 0.717) is 32.3 Å². The molecular weight excluding hydrogens is 387 g/mol. The summed E-state index contributed by atoms with van der Waals surface area (Å²) in [7, 11) is 0. The molecule has 0 radical (unpaired) electrons. The van der Waals surface area contributed by atoms with Crippen LogP contribution in [0.3, 0.4) is 0 Å². The van der Waals surface area contributed by atoms with E-state index in [9.17, 15) is 9.90 Å². The second-order valence-corrected chi connectivity index (χ2v) is 6.72. The van der Waals surface area contributed by atoms with Crippen molar-refractivity contribution in [1.29, 1.82) is 0 Å². The third-order valence-electron chi connectivity index (χ3n) is 4.10. The van der Waals surface area contributed by atoms with E-state index < -0.39 is 5.69 Å². The van der Waals surface area contributed by atoms with Gasteiger partial charge in [0.05, 0.1) is 11.1 Å². The summed E-state index contributed by atoms with van der Waals surface area (Å²) in [5.74, 6) is 0.287. The molecule has 0 unspecified atom stereocenters. The summed E-state index contributed by atoms with van der Waals surface area (Å²) in [6.07, 6.45) is 0. The SMILES string of the molecule is Nc1[nH]c(=O)nc2nc(-c3ccc(O)cc3)cc(-c3ccc(Cl)cc3Cl)c12. The molecule has 0 saturated heterocycles. The molecule has 4 N–H and O–H groups in total. The van der Waals surface area contributed by atoms with E-state index in [0.717, 1.165) is 5.56 Å². The summed E-state index contributed by atoms with van der Waals surface area (Å²) < 4.78 is 0. The molecule has 2 aromatic carbocycles. The van der Waals surface area contributed by atoms with Crippen LogP contribution in [0.1, 0.15) is 0 Å². The molecule has 0 saturated carbocycles. The third-order valence-corrected chi connectivity index (χ3v) is 4.65. The number of benzene rings is 2. The Hall–Kier alpha value is -3.09. The van der Waals surface area contributed by atoms with Gasteiger partial charge in [-0.3, -0.25) is 4.98 Å². The number of pyridine rings is 1.